The van der Waals surface area contributed by atoms with Crippen molar-refractivity contribution in [1.29, 1.82) is 0 Å². The van der Waals surface area contributed by atoms with Gasteiger partial charge in [0.15, 0.2) is 0 Å². The Kier molecular flexibility index (Phi) is 3.73. The Balaban J connectivity index is 2.01. The second kappa shape index (κ2) is 5.15. The molecule has 5 nitrogen and oxygen atoms in total. The van der Waals surface area contributed by atoms with Crippen LogP contribution in [0.5, 0.6) is 0 Å². The number of allylic oxidation sites excluding steroid dienone is 1. The predicted octanol–water partition coefficient (Wildman–Crippen LogP) is 2.17. The molecule has 1 atom stereocenters. The molecule has 1 unspecified atom stereocenters. The van der Waals surface area contributed by atoms with E-state index in [1.807, 2.05) is 26.8 Å². The summed E-state index contributed by atoms with van der Waals surface area (Å²) in [6.07, 6.45) is 4.55. The average molecular weight is 264 g/mol. The second-order valence-electron chi connectivity index (χ2n) is 5.91. The Morgan fingerprint density at radius 2 is 2.16 bits per heavy atom. The number of ether oxygens (including phenoxy) is 1. The number of hydrogen-bond donors (Lipinski definition) is 0. The van der Waals surface area contributed by atoms with Gasteiger partial charge in [-0.05, 0) is 27.2 Å². The molecule has 2 heterocycles. The molecule has 2 rings (SSSR count). The van der Waals surface area contributed by atoms with Gasteiger partial charge in [-0.15, -0.1) is 0 Å². The first kappa shape index (κ1) is 13.8. The van der Waals surface area contributed by atoms with Gasteiger partial charge in [-0.1, -0.05) is 6.08 Å². The van der Waals surface area contributed by atoms with E-state index in [0.29, 0.717) is 19.5 Å². The van der Waals surface area contributed by atoms with Gasteiger partial charge in [0.05, 0.1) is 0 Å². The summed E-state index contributed by atoms with van der Waals surface area (Å²) >= 11 is 0. The third-order valence-corrected chi connectivity index (χ3v) is 3.15. The van der Waals surface area contributed by atoms with E-state index < -0.39 is 5.60 Å². The van der Waals surface area contributed by atoms with E-state index in [-0.39, 0.29) is 17.9 Å². The van der Waals surface area contributed by atoms with Gasteiger partial charge >= 0.3 is 6.09 Å². The quantitative estimate of drug-likeness (QED) is 0.673. The summed E-state index contributed by atoms with van der Waals surface area (Å²) in [5, 5.41) is 0. The minimum Gasteiger partial charge on any atom is -0.444 e. The highest BCUT2D eigenvalue weighted by Crippen LogP contribution is 2.21. The molecule has 0 N–H and O–H groups in total. The zero-order valence-electron chi connectivity index (χ0n) is 11.7. The first-order chi connectivity index (χ1) is 8.85. The number of aliphatic imine (C=N–C) groups is 1. The third kappa shape index (κ3) is 3.66. The van der Waals surface area contributed by atoms with Crippen molar-refractivity contribution in [3.05, 3.63) is 12.2 Å². The molecule has 2 aliphatic heterocycles. The van der Waals surface area contributed by atoms with E-state index in [1.165, 1.54) is 6.08 Å². The number of hydrogen-bond acceptors (Lipinski definition) is 3. The Morgan fingerprint density at radius 3 is 2.84 bits per heavy atom. The van der Waals surface area contributed by atoms with Crippen LogP contribution in [0.15, 0.2) is 17.1 Å². The van der Waals surface area contributed by atoms with Gasteiger partial charge in [-0.3, -0.25) is 4.79 Å². The molecule has 19 heavy (non-hydrogen) atoms. The van der Waals surface area contributed by atoms with E-state index in [4.69, 9.17) is 4.74 Å². The zero-order chi connectivity index (χ0) is 14.0. The van der Waals surface area contributed by atoms with Crippen molar-refractivity contribution >= 4 is 17.7 Å². The lowest BCUT2D eigenvalue weighted by molar-refractivity contribution is -0.113. The minimum atomic E-state index is -0.483. The van der Waals surface area contributed by atoms with E-state index in [1.54, 1.807) is 4.90 Å². The van der Waals surface area contributed by atoms with Crippen LogP contribution < -0.4 is 0 Å². The fraction of sp³-hybridized carbons (Fsp3) is 0.643. The maximum absolute atomic E-state index is 12.0. The normalized spacial score (nSPS) is 23.5. The molecule has 2 amide bonds. The summed E-state index contributed by atoms with van der Waals surface area (Å²) in [6, 6.07) is 0. The van der Waals surface area contributed by atoms with E-state index >= 15 is 0 Å². The summed E-state index contributed by atoms with van der Waals surface area (Å²) < 4.78 is 5.37. The van der Waals surface area contributed by atoms with Crippen LogP contribution in [-0.4, -0.2) is 41.3 Å². The topological polar surface area (TPSA) is 59.0 Å². The fourth-order valence-corrected chi connectivity index (χ4v) is 2.24. The van der Waals surface area contributed by atoms with Crippen LogP contribution in [0.2, 0.25) is 0 Å². The molecule has 1 saturated heterocycles. The van der Waals surface area contributed by atoms with Crippen molar-refractivity contribution in [2.24, 2.45) is 10.9 Å². The number of fused-ring (bicyclic) bond motifs is 1. The van der Waals surface area contributed by atoms with Crippen LogP contribution in [-0.2, 0) is 9.53 Å². The monoisotopic (exact) mass is 264 g/mol. The van der Waals surface area contributed by atoms with Gasteiger partial charge in [0.1, 0.15) is 5.60 Å². The van der Waals surface area contributed by atoms with E-state index in [0.717, 1.165) is 12.1 Å². The second-order valence-corrected chi connectivity index (χ2v) is 5.91. The van der Waals surface area contributed by atoms with Gasteiger partial charge in [0, 0.05) is 37.2 Å². The number of carbonyl (C=O) groups is 2. The number of carbonyl (C=O) groups excluding carboxylic acids is 2. The summed E-state index contributed by atoms with van der Waals surface area (Å²) in [7, 11) is 0. The van der Waals surface area contributed by atoms with Crippen molar-refractivity contribution < 1.29 is 14.3 Å². The first-order valence-electron chi connectivity index (χ1n) is 6.63. The van der Waals surface area contributed by atoms with Crippen molar-refractivity contribution in [3.63, 3.8) is 0 Å². The highest BCUT2D eigenvalue weighted by atomic mass is 16.6. The van der Waals surface area contributed by atoms with Crippen LogP contribution in [0.3, 0.4) is 0 Å². The van der Waals surface area contributed by atoms with Crippen LogP contribution >= 0.6 is 0 Å². The molecule has 0 aromatic rings. The van der Waals surface area contributed by atoms with E-state index in [2.05, 4.69) is 4.99 Å². The lowest BCUT2D eigenvalue weighted by atomic mass is 9.96. The molecule has 0 aromatic carbocycles. The largest absolute Gasteiger partial charge is 0.444 e. The fourth-order valence-electron chi connectivity index (χ4n) is 2.24. The predicted molar refractivity (Wildman–Crippen MR) is 72.1 cm³/mol. The maximum atomic E-state index is 12.0. The first-order valence-corrected chi connectivity index (χ1v) is 6.63. The number of nitrogens with zero attached hydrogens (tertiary/aromatic N) is 2. The standard InChI is InChI=1S/C14H20N2O3/c1-14(2,3)19-13(18)16-8-6-10-4-5-12(17)15-11(10)7-9-16/h4-5,10H,6-9H2,1-3H3. The molecular weight excluding hydrogens is 244 g/mol. The van der Waals surface area contributed by atoms with Gasteiger partial charge in [-0.25, -0.2) is 9.79 Å². The van der Waals surface area contributed by atoms with Crippen molar-refractivity contribution in [2.75, 3.05) is 13.1 Å². The molecule has 2 aliphatic rings. The van der Waals surface area contributed by atoms with Crippen molar-refractivity contribution in [3.8, 4) is 0 Å². The van der Waals surface area contributed by atoms with Crippen molar-refractivity contribution in [2.45, 2.75) is 39.2 Å². The molecule has 1 fully saturated rings. The van der Waals surface area contributed by atoms with Gasteiger partial charge < -0.3 is 9.64 Å². The van der Waals surface area contributed by atoms with Crippen LogP contribution in [0.25, 0.3) is 0 Å². The van der Waals surface area contributed by atoms with Gasteiger partial charge in [0.25, 0.3) is 5.91 Å². The van der Waals surface area contributed by atoms with E-state index in [9.17, 15) is 9.59 Å². The molecule has 0 aromatic heterocycles. The summed E-state index contributed by atoms with van der Waals surface area (Å²) in [4.78, 5) is 29.0. The number of amides is 2. The summed E-state index contributed by atoms with van der Waals surface area (Å²) in [5.41, 5.74) is 0.405. The summed E-state index contributed by atoms with van der Waals surface area (Å²) in [6.45, 7) is 6.76. The van der Waals surface area contributed by atoms with Crippen LogP contribution in [0, 0.1) is 5.92 Å². The minimum absolute atomic E-state index is 0.185. The molecule has 0 bridgehead atoms. The maximum Gasteiger partial charge on any atom is 0.410 e. The smallest absolute Gasteiger partial charge is 0.410 e. The highest BCUT2D eigenvalue weighted by molar-refractivity contribution is 6.05. The number of dihydropyridines is 1. The number of likely N-dealkylation sites (tertiary alicyclic amines) is 1. The SMILES string of the molecule is CC(C)(C)OC(=O)N1CCC2=NC(=O)C=CC2CC1. The molecule has 0 saturated carbocycles. The summed E-state index contributed by atoms with van der Waals surface area (Å²) in [5.74, 6) is -0.0119. The Hall–Kier alpha value is -1.65. The lowest BCUT2D eigenvalue weighted by Gasteiger charge is -2.26. The Morgan fingerprint density at radius 1 is 1.42 bits per heavy atom. The van der Waals surface area contributed by atoms with Gasteiger partial charge in [0.2, 0.25) is 0 Å². The van der Waals surface area contributed by atoms with Crippen molar-refractivity contribution in [1.82, 2.24) is 4.90 Å². The molecule has 5 heteroatoms. The Bertz CT molecular complexity index is 446. The average Bonchev–Trinajstić information content (AvgIpc) is 2.48. The highest BCUT2D eigenvalue weighted by Gasteiger charge is 2.28. The molecule has 0 spiro atoms. The lowest BCUT2D eigenvalue weighted by Crippen LogP contribution is -2.37. The van der Waals surface area contributed by atoms with Gasteiger partial charge in [-0.2, -0.15) is 0 Å². The third-order valence-electron chi connectivity index (χ3n) is 3.15. The number of rotatable bonds is 0. The molecular formula is C14H20N2O3. The van der Waals surface area contributed by atoms with Crippen LogP contribution in [0.1, 0.15) is 33.6 Å². The Labute approximate surface area is 113 Å². The zero-order valence-corrected chi connectivity index (χ0v) is 11.7. The molecule has 104 valence electrons. The molecule has 0 radical (unpaired) electrons. The molecule has 0 aliphatic carbocycles. The van der Waals surface area contributed by atoms with Crippen LogP contribution in [0.4, 0.5) is 4.79 Å².